The maximum Gasteiger partial charge on any atom is 0.0474 e. The van der Waals surface area contributed by atoms with Crippen molar-refractivity contribution in [2.75, 3.05) is 5.73 Å². The molecule has 1 atom stereocenters. The maximum absolute atomic E-state index is 6.06. The molecule has 0 saturated heterocycles. The van der Waals surface area contributed by atoms with Crippen molar-refractivity contribution in [3.8, 4) is 0 Å². The number of anilines is 1. The predicted octanol–water partition coefficient (Wildman–Crippen LogP) is 3.65. The van der Waals surface area contributed by atoms with Crippen molar-refractivity contribution in [3.05, 3.63) is 30.0 Å². The normalized spacial score (nSPS) is 13.2. The van der Waals surface area contributed by atoms with Crippen molar-refractivity contribution in [1.29, 1.82) is 0 Å². The molecule has 2 rings (SSSR count). The monoisotopic (exact) mass is 202 g/mol. The topological polar surface area (TPSA) is 41.8 Å². The lowest BCUT2D eigenvalue weighted by Gasteiger charge is -2.13. The number of nitrogens with two attached hydrogens (primary N) is 1. The molecule has 3 N–H and O–H groups in total. The van der Waals surface area contributed by atoms with Crippen LogP contribution in [-0.2, 0) is 0 Å². The highest BCUT2D eigenvalue weighted by molar-refractivity contribution is 5.84. The first-order chi connectivity index (χ1) is 7.22. The van der Waals surface area contributed by atoms with E-state index in [0.29, 0.717) is 5.92 Å². The fraction of sp³-hybridized carbons (Fsp3) is 0.385. The molecule has 1 aromatic heterocycles. The van der Waals surface area contributed by atoms with Crippen LogP contribution < -0.4 is 5.73 Å². The highest BCUT2D eigenvalue weighted by atomic mass is 14.7. The van der Waals surface area contributed by atoms with Crippen molar-refractivity contribution in [1.82, 2.24) is 4.98 Å². The summed E-state index contributed by atoms with van der Waals surface area (Å²) in [5.41, 5.74) is 9.37. The van der Waals surface area contributed by atoms with Crippen LogP contribution in [0.4, 0.5) is 5.69 Å². The predicted molar refractivity (Wildman–Crippen MR) is 66.0 cm³/mol. The first-order valence-corrected chi connectivity index (χ1v) is 5.59. The highest BCUT2D eigenvalue weighted by Crippen LogP contribution is 2.29. The molecule has 2 heteroatoms. The average Bonchev–Trinajstić information content (AvgIpc) is 2.63. The van der Waals surface area contributed by atoms with E-state index in [9.17, 15) is 0 Å². The number of aromatic amines is 1. The standard InChI is InChI=1S/C13H18N2/c1-3-4-9(2)11-7-10-5-6-15-13(10)8-12(11)14/h5-9,15H,3-4,14H2,1-2H3. The molecule has 1 heterocycles. The van der Waals surface area contributed by atoms with E-state index in [-0.39, 0.29) is 0 Å². The summed E-state index contributed by atoms with van der Waals surface area (Å²) in [7, 11) is 0. The fourth-order valence-electron chi connectivity index (χ4n) is 2.15. The number of rotatable bonds is 3. The highest BCUT2D eigenvalue weighted by Gasteiger charge is 2.09. The van der Waals surface area contributed by atoms with Gasteiger partial charge < -0.3 is 10.7 Å². The van der Waals surface area contributed by atoms with E-state index in [1.165, 1.54) is 23.8 Å². The second-order valence-electron chi connectivity index (χ2n) is 4.24. The minimum absolute atomic E-state index is 0.550. The summed E-state index contributed by atoms with van der Waals surface area (Å²) >= 11 is 0. The van der Waals surface area contributed by atoms with Gasteiger partial charge in [0.05, 0.1) is 0 Å². The van der Waals surface area contributed by atoms with Gasteiger partial charge in [0.25, 0.3) is 0 Å². The largest absolute Gasteiger partial charge is 0.398 e. The lowest BCUT2D eigenvalue weighted by Crippen LogP contribution is -1.99. The molecule has 2 aromatic rings. The minimum Gasteiger partial charge on any atom is -0.398 e. The van der Waals surface area contributed by atoms with Gasteiger partial charge in [-0.05, 0) is 41.5 Å². The zero-order valence-electron chi connectivity index (χ0n) is 9.38. The summed E-state index contributed by atoms with van der Waals surface area (Å²) in [5, 5.41) is 1.25. The Labute approximate surface area is 90.5 Å². The van der Waals surface area contributed by atoms with E-state index in [1.807, 2.05) is 12.3 Å². The van der Waals surface area contributed by atoms with E-state index >= 15 is 0 Å². The van der Waals surface area contributed by atoms with Gasteiger partial charge in [-0.2, -0.15) is 0 Å². The summed E-state index contributed by atoms with van der Waals surface area (Å²) in [5.74, 6) is 0.550. The van der Waals surface area contributed by atoms with Crippen LogP contribution >= 0.6 is 0 Å². The van der Waals surface area contributed by atoms with Crippen molar-refractivity contribution in [2.45, 2.75) is 32.6 Å². The minimum atomic E-state index is 0.550. The fourth-order valence-corrected chi connectivity index (χ4v) is 2.15. The Morgan fingerprint density at radius 2 is 2.20 bits per heavy atom. The van der Waals surface area contributed by atoms with Crippen molar-refractivity contribution in [3.63, 3.8) is 0 Å². The third-order valence-electron chi connectivity index (χ3n) is 3.01. The molecule has 80 valence electrons. The molecule has 0 saturated carbocycles. The third-order valence-corrected chi connectivity index (χ3v) is 3.01. The molecule has 0 aliphatic carbocycles. The number of hydrogen-bond donors (Lipinski definition) is 2. The number of nitrogen functional groups attached to an aromatic ring is 1. The van der Waals surface area contributed by atoms with Crippen molar-refractivity contribution < 1.29 is 0 Å². The molecule has 0 fully saturated rings. The van der Waals surface area contributed by atoms with Crippen LogP contribution in [0.25, 0.3) is 10.9 Å². The van der Waals surface area contributed by atoms with Gasteiger partial charge in [-0.15, -0.1) is 0 Å². The van der Waals surface area contributed by atoms with Gasteiger partial charge in [-0.1, -0.05) is 20.3 Å². The first kappa shape index (κ1) is 10.1. The first-order valence-electron chi connectivity index (χ1n) is 5.59. The van der Waals surface area contributed by atoms with E-state index in [4.69, 9.17) is 5.73 Å². The Morgan fingerprint density at radius 3 is 2.93 bits per heavy atom. The summed E-state index contributed by atoms with van der Waals surface area (Å²) in [6.45, 7) is 4.45. The van der Waals surface area contributed by atoms with Gasteiger partial charge in [-0.3, -0.25) is 0 Å². The summed E-state index contributed by atoms with van der Waals surface area (Å²) in [6, 6.07) is 6.34. The number of H-pyrrole nitrogens is 1. The lowest BCUT2D eigenvalue weighted by atomic mass is 9.94. The zero-order valence-corrected chi connectivity index (χ0v) is 9.38. The molecule has 2 nitrogen and oxygen atoms in total. The quantitative estimate of drug-likeness (QED) is 0.733. The van der Waals surface area contributed by atoms with Crippen LogP contribution in [0.15, 0.2) is 24.4 Å². The maximum atomic E-state index is 6.06. The molecule has 0 amide bonds. The van der Waals surface area contributed by atoms with E-state index in [1.54, 1.807) is 0 Å². The van der Waals surface area contributed by atoms with Gasteiger partial charge >= 0.3 is 0 Å². The molecular weight excluding hydrogens is 184 g/mol. The molecule has 0 radical (unpaired) electrons. The van der Waals surface area contributed by atoms with Crippen LogP contribution in [0.2, 0.25) is 0 Å². The second kappa shape index (κ2) is 3.97. The molecule has 15 heavy (non-hydrogen) atoms. The van der Waals surface area contributed by atoms with Crippen LogP contribution in [0.5, 0.6) is 0 Å². The third kappa shape index (κ3) is 1.84. The van der Waals surface area contributed by atoms with Gasteiger partial charge in [0.15, 0.2) is 0 Å². The van der Waals surface area contributed by atoms with E-state index in [0.717, 1.165) is 11.2 Å². The Kier molecular flexibility index (Phi) is 2.67. The summed E-state index contributed by atoms with van der Waals surface area (Å²) in [4.78, 5) is 3.18. The van der Waals surface area contributed by atoms with Crippen LogP contribution in [0.1, 0.15) is 38.2 Å². The molecule has 1 aromatic carbocycles. The van der Waals surface area contributed by atoms with E-state index < -0.39 is 0 Å². The molecule has 0 aliphatic heterocycles. The SMILES string of the molecule is CCCC(C)c1cc2cc[nH]c2cc1N. The Morgan fingerprint density at radius 1 is 1.40 bits per heavy atom. The molecular formula is C13H18N2. The summed E-state index contributed by atoms with van der Waals surface area (Å²) < 4.78 is 0. The summed E-state index contributed by atoms with van der Waals surface area (Å²) in [6.07, 6.45) is 4.35. The average molecular weight is 202 g/mol. The van der Waals surface area contributed by atoms with Crippen LogP contribution in [-0.4, -0.2) is 4.98 Å². The smallest absolute Gasteiger partial charge is 0.0474 e. The van der Waals surface area contributed by atoms with Crippen LogP contribution in [0.3, 0.4) is 0 Å². The van der Waals surface area contributed by atoms with E-state index in [2.05, 4.69) is 31.0 Å². The number of aromatic nitrogens is 1. The number of fused-ring (bicyclic) bond motifs is 1. The lowest BCUT2D eigenvalue weighted by molar-refractivity contribution is 0.667. The number of hydrogen-bond acceptors (Lipinski definition) is 1. The van der Waals surface area contributed by atoms with Gasteiger partial charge in [0.1, 0.15) is 0 Å². The zero-order chi connectivity index (χ0) is 10.8. The van der Waals surface area contributed by atoms with Gasteiger partial charge in [-0.25, -0.2) is 0 Å². The molecule has 0 aliphatic rings. The van der Waals surface area contributed by atoms with Gasteiger partial charge in [0, 0.05) is 17.4 Å². The van der Waals surface area contributed by atoms with Crippen molar-refractivity contribution >= 4 is 16.6 Å². The number of benzene rings is 1. The Bertz CT molecular complexity index is 457. The van der Waals surface area contributed by atoms with Gasteiger partial charge in [0.2, 0.25) is 0 Å². The van der Waals surface area contributed by atoms with Crippen molar-refractivity contribution in [2.24, 2.45) is 0 Å². The van der Waals surface area contributed by atoms with Crippen LogP contribution in [0, 0.1) is 0 Å². The molecule has 0 spiro atoms. The Balaban J connectivity index is 2.45. The Hall–Kier alpha value is -1.44. The molecule has 1 unspecified atom stereocenters. The molecule has 0 bridgehead atoms. The number of nitrogens with one attached hydrogen (secondary N) is 1. The second-order valence-corrected chi connectivity index (χ2v) is 4.24.